The molecule has 18 heavy (non-hydrogen) atoms. The Balaban J connectivity index is 2.16. The van der Waals surface area contributed by atoms with E-state index in [0.717, 1.165) is 0 Å². The predicted molar refractivity (Wildman–Crippen MR) is 62.5 cm³/mol. The van der Waals surface area contributed by atoms with E-state index in [9.17, 15) is 10.1 Å². The molecule has 0 atom stereocenters. The number of hydrogen-bond donors (Lipinski definition) is 3. The molecule has 0 spiro atoms. The van der Waals surface area contributed by atoms with Crippen LogP contribution in [0.2, 0.25) is 0 Å². The summed E-state index contributed by atoms with van der Waals surface area (Å²) in [4.78, 5) is 14.2. The van der Waals surface area contributed by atoms with E-state index in [-0.39, 0.29) is 11.5 Å². The molecule has 94 valence electrons. The van der Waals surface area contributed by atoms with Gasteiger partial charge >= 0.3 is 0 Å². The van der Waals surface area contributed by atoms with Gasteiger partial charge in [-0.15, -0.1) is 0 Å². The highest BCUT2D eigenvalue weighted by atomic mass is 16.6. The Morgan fingerprint density at radius 2 is 2.22 bits per heavy atom. The summed E-state index contributed by atoms with van der Waals surface area (Å²) in [5.41, 5.74) is 2.81. The van der Waals surface area contributed by atoms with Gasteiger partial charge in [0.15, 0.2) is 0 Å². The zero-order chi connectivity index (χ0) is 13.0. The van der Waals surface area contributed by atoms with Crippen LogP contribution in [-0.4, -0.2) is 15.1 Å². The standard InChI is InChI=1S/C9H10N6O3/c10-13-9-4-7(15(16)17)3-8(12-9)11-5-6-1-2-18-14-6/h1-4H,5,10H2,(H2,11,12,13). The molecule has 2 aromatic heterocycles. The summed E-state index contributed by atoms with van der Waals surface area (Å²) in [5, 5.41) is 17.3. The van der Waals surface area contributed by atoms with Crippen LogP contribution in [-0.2, 0) is 6.54 Å². The normalized spacial score (nSPS) is 10.1. The first-order chi connectivity index (χ1) is 8.69. The predicted octanol–water partition coefficient (Wildman–Crippen LogP) is 0.875. The van der Waals surface area contributed by atoms with Crippen molar-refractivity contribution in [2.45, 2.75) is 6.54 Å². The van der Waals surface area contributed by atoms with Crippen molar-refractivity contribution < 1.29 is 9.45 Å². The molecule has 0 aliphatic heterocycles. The van der Waals surface area contributed by atoms with Crippen LogP contribution in [0, 0.1) is 10.1 Å². The second kappa shape index (κ2) is 5.10. The smallest absolute Gasteiger partial charge is 0.276 e. The summed E-state index contributed by atoms with van der Waals surface area (Å²) < 4.78 is 4.66. The maximum absolute atomic E-state index is 10.7. The molecule has 0 saturated heterocycles. The van der Waals surface area contributed by atoms with Gasteiger partial charge in [-0.25, -0.2) is 10.8 Å². The van der Waals surface area contributed by atoms with E-state index in [1.54, 1.807) is 6.07 Å². The second-order valence-corrected chi connectivity index (χ2v) is 3.34. The fraction of sp³-hybridized carbons (Fsp3) is 0.111. The molecule has 9 nitrogen and oxygen atoms in total. The second-order valence-electron chi connectivity index (χ2n) is 3.34. The maximum Gasteiger partial charge on any atom is 0.276 e. The Hall–Kier alpha value is -2.68. The molecule has 0 bridgehead atoms. The van der Waals surface area contributed by atoms with E-state index in [0.29, 0.717) is 18.1 Å². The van der Waals surface area contributed by atoms with E-state index in [1.165, 1.54) is 18.4 Å². The number of rotatable bonds is 5. The molecule has 0 radical (unpaired) electrons. The van der Waals surface area contributed by atoms with Crippen molar-refractivity contribution in [2.75, 3.05) is 10.7 Å². The number of pyridine rings is 1. The zero-order valence-electron chi connectivity index (χ0n) is 9.16. The average molecular weight is 250 g/mol. The van der Waals surface area contributed by atoms with Crippen LogP contribution in [0.5, 0.6) is 0 Å². The number of nitro groups is 1. The third-order valence-electron chi connectivity index (χ3n) is 2.11. The Kier molecular flexibility index (Phi) is 3.34. The van der Waals surface area contributed by atoms with Crippen molar-refractivity contribution in [1.29, 1.82) is 0 Å². The molecule has 0 amide bonds. The molecule has 0 saturated carbocycles. The summed E-state index contributed by atoms with van der Waals surface area (Å²) in [6.45, 7) is 0.342. The Morgan fingerprint density at radius 1 is 1.44 bits per heavy atom. The quantitative estimate of drug-likeness (QED) is 0.404. The first-order valence-corrected chi connectivity index (χ1v) is 4.95. The van der Waals surface area contributed by atoms with Crippen LogP contribution in [0.3, 0.4) is 0 Å². The number of aromatic nitrogens is 2. The van der Waals surface area contributed by atoms with Gasteiger partial charge in [-0.2, -0.15) is 0 Å². The molecule has 2 aromatic rings. The molecule has 0 aliphatic rings. The van der Waals surface area contributed by atoms with Crippen LogP contribution in [0.1, 0.15) is 5.69 Å². The lowest BCUT2D eigenvalue weighted by atomic mass is 10.3. The SMILES string of the molecule is NNc1cc([N+](=O)[O-])cc(NCc2ccon2)n1. The molecule has 0 fully saturated rings. The summed E-state index contributed by atoms with van der Waals surface area (Å²) >= 11 is 0. The summed E-state index contributed by atoms with van der Waals surface area (Å²) in [7, 11) is 0. The highest BCUT2D eigenvalue weighted by molar-refractivity contribution is 5.54. The van der Waals surface area contributed by atoms with E-state index < -0.39 is 4.92 Å². The number of nitrogens with one attached hydrogen (secondary N) is 2. The number of nitrogens with two attached hydrogens (primary N) is 1. The highest BCUT2D eigenvalue weighted by Crippen LogP contribution is 2.20. The van der Waals surface area contributed by atoms with Gasteiger partial charge in [0.25, 0.3) is 5.69 Å². The molecular weight excluding hydrogens is 240 g/mol. The average Bonchev–Trinajstić information content (AvgIpc) is 2.89. The van der Waals surface area contributed by atoms with Crippen LogP contribution in [0.15, 0.2) is 29.0 Å². The van der Waals surface area contributed by atoms with Gasteiger partial charge in [0.2, 0.25) is 0 Å². The van der Waals surface area contributed by atoms with Crippen molar-refractivity contribution in [3.8, 4) is 0 Å². The van der Waals surface area contributed by atoms with Crippen LogP contribution in [0.25, 0.3) is 0 Å². The number of nitrogen functional groups attached to an aromatic ring is 1. The molecule has 0 aliphatic carbocycles. The van der Waals surface area contributed by atoms with Gasteiger partial charge in [-0.05, 0) is 0 Å². The van der Waals surface area contributed by atoms with Crippen molar-refractivity contribution in [2.24, 2.45) is 5.84 Å². The number of anilines is 2. The van der Waals surface area contributed by atoms with Crippen molar-refractivity contribution in [3.63, 3.8) is 0 Å². The molecule has 2 heterocycles. The van der Waals surface area contributed by atoms with Gasteiger partial charge in [-0.3, -0.25) is 10.1 Å². The van der Waals surface area contributed by atoms with E-state index in [1.807, 2.05) is 0 Å². The topological polar surface area (TPSA) is 132 Å². The van der Waals surface area contributed by atoms with Crippen LogP contribution >= 0.6 is 0 Å². The lowest BCUT2D eigenvalue weighted by molar-refractivity contribution is -0.384. The molecule has 2 rings (SSSR count). The van der Waals surface area contributed by atoms with Crippen molar-refractivity contribution >= 4 is 17.3 Å². The van der Waals surface area contributed by atoms with E-state index >= 15 is 0 Å². The largest absolute Gasteiger partial charge is 0.364 e. The van der Waals surface area contributed by atoms with Gasteiger partial charge < -0.3 is 15.3 Å². The summed E-state index contributed by atoms with van der Waals surface area (Å²) in [5.74, 6) is 5.71. The van der Waals surface area contributed by atoms with Gasteiger partial charge in [0, 0.05) is 6.07 Å². The van der Waals surface area contributed by atoms with Crippen LogP contribution < -0.4 is 16.6 Å². The van der Waals surface area contributed by atoms with Crippen molar-refractivity contribution in [1.82, 2.24) is 10.1 Å². The number of hydrogen-bond acceptors (Lipinski definition) is 8. The van der Waals surface area contributed by atoms with Crippen LogP contribution in [0.4, 0.5) is 17.3 Å². The fourth-order valence-corrected chi connectivity index (χ4v) is 1.30. The maximum atomic E-state index is 10.7. The fourth-order valence-electron chi connectivity index (χ4n) is 1.30. The molecule has 0 unspecified atom stereocenters. The summed E-state index contributed by atoms with van der Waals surface area (Å²) in [6.07, 6.45) is 1.44. The summed E-state index contributed by atoms with van der Waals surface area (Å²) in [6, 6.07) is 4.22. The number of hydrazine groups is 1. The first-order valence-electron chi connectivity index (χ1n) is 4.95. The Labute approximate surface area is 101 Å². The Bertz CT molecular complexity index is 541. The van der Waals surface area contributed by atoms with Gasteiger partial charge in [-0.1, -0.05) is 5.16 Å². The highest BCUT2D eigenvalue weighted by Gasteiger charge is 2.10. The lowest BCUT2D eigenvalue weighted by Gasteiger charge is -2.05. The number of nitrogens with zero attached hydrogens (tertiary/aromatic N) is 3. The Morgan fingerprint density at radius 3 is 2.83 bits per heavy atom. The van der Waals surface area contributed by atoms with Crippen molar-refractivity contribution in [3.05, 3.63) is 40.3 Å². The lowest BCUT2D eigenvalue weighted by Crippen LogP contribution is -2.11. The van der Waals surface area contributed by atoms with Gasteiger partial charge in [0.05, 0.1) is 23.6 Å². The molecule has 9 heteroatoms. The third kappa shape index (κ3) is 2.71. The minimum atomic E-state index is -0.524. The molecular formula is C9H10N6O3. The molecule has 0 aromatic carbocycles. The molecule has 4 N–H and O–H groups in total. The van der Waals surface area contributed by atoms with E-state index in [4.69, 9.17) is 5.84 Å². The minimum absolute atomic E-state index is 0.111. The monoisotopic (exact) mass is 250 g/mol. The van der Waals surface area contributed by atoms with E-state index in [2.05, 4.69) is 25.4 Å². The first kappa shape index (κ1) is 11.8. The third-order valence-corrected chi connectivity index (χ3v) is 2.11. The zero-order valence-corrected chi connectivity index (χ0v) is 9.16. The van der Waals surface area contributed by atoms with Gasteiger partial charge in [0.1, 0.15) is 23.6 Å². The minimum Gasteiger partial charge on any atom is -0.364 e.